The van der Waals surface area contributed by atoms with Crippen molar-refractivity contribution in [1.82, 2.24) is 4.98 Å². The summed E-state index contributed by atoms with van der Waals surface area (Å²) in [5, 5.41) is 13.7. The fourth-order valence-corrected chi connectivity index (χ4v) is 4.47. The van der Waals surface area contributed by atoms with E-state index in [0.717, 1.165) is 27.6 Å². The highest BCUT2D eigenvalue weighted by Gasteiger charge is 2.36. The second-order valence-corrected chi connectivity index (χ2v) is 8.65. The Bertz CT molecular complexity index is 1180. The van der Waals surface area contributed by atoms with Gasteiger partial charge in [0.2, 0.25) is 0 Å². The maximum Gasteiger partial charge on any atom is 0.337 e. The van der Waals surface area contributed by atoms with Crippen LogP contribution in [0.2, 0.25) is 0 Å². The minimum atomic E-state index is -2.72. The van der Waals surface area contributed by atoms with E-state index in [-0.39, 0.29) is 24.6 Å². The van der Waals surface area contributed by atoms with E-state index in [2.05, 4.69) is 5.32 Å². The van der Waals surface area contributed by atoms with Crippen molar-refractivity contribution in [3.63, 3.8) is 0 Å². The van der Waals surface area contributed by atoms with Gasteiger partial charge < -0.3 is 15.3 Å². The maximum atomic E-state index is 14.1. The first-order valence-corrected chi connectivity index (χ1v) is 10.8. The molecule has 0 aliphatic carbocycles. The second-order valence-electron chi connectivity index (χ2n) is 8.65. The molecule has 1 aliphatic heterocycles. The largest absolute Gasteiger partial charge is 0.478 e. The first-order chi connectivity index (χ1) is 15.1. The van der Waals surface area contributed by atoms with E-state index < -0.39 is 11.9 Å². The molecule has 1 aliphatic rings. The Morgan fingerprint density at radius 2 is 1.97 bits per heavy atom. The molecule has 4 rings (SSSR count). The van der Waals surface area contributed by atoms with Crippen molar-refractivity contribution in [1.29, 1.82) is 0 Å². The Morgan fingerprint density at radius 3 is 2.69 bits per heavy atom. The lowest BCUT2D eigenvalue weighted by molar-refractivity contribution is -0.0118. The monoisotopic (exact) mass is 439 g/mol. The third-order valence-electron chi connectivity index (χ3n) is 5.94. The number of aromatic nitrogens is 1. The zero-order valence-corrected chi connectivity index (χ0v) is 18.5. The molecular formula is C25H27F2N3O2. The zero-order valence-electron chi connectivity index (χ0n) is 18.5. The molecule has 5 nitrogen and oxygen atoms in total. The summed E-state index contributed by atoms with van der Waals surface area (Å²) >= 11 is 0. The molecule has 1 atom stereocenters. The number of piperidine rings is 1. The molecule has 32 heavy (non-hydrogen) atoms. The third-order valence-corrected chi connectivity index (χ3v) is 5.94. The van der Waals surface area contributed by atoms with Gasteiger partial charge in [-0.3, -0.25) is 0 Å². The highest BCUT2D eigenvalue weighted by Crippen LogP contribution is 2.34. The van der Waals surface area contributed by atoms with Crippen LogP contribution in [-0.4, -0.2) is 35.1 Å². The van der Waals surface area contributed by atoms with Gasteiger partial charge in [-0.2, -0.15) is 0 Å². The molecule has 2 N–H and O–H groups in total. The van der Waals surface area contributed by atoms with E-state index in [9.17, 15) is 18.7 Å². The Labute approximate surface area is 186 Å². The van der Waals surface area contributed by atoms with Gasteiger partial charge in [-0.25, -0.2) is 18.6 Å². The fourth-order valence-electron chi connectivity index (χ4n) is 4.47. The third kappa shape index (κ3) is 4.38. The summed E-state index contributed by atoms with van der Waals surface area (Å²) in [5.74, 6) is -3.14. The Morgan fingerprint density at radius 1 is 1.22 bits per heavy atom. The van der Waals surface area contributed by atoms with Gasteiger partial charge in [-0.15, -0.1) is 0 Å². The van der Waals surface area contributed by atoms with Gasteiger partial charge in [0, 0.05) is 29.6 Å². The van der Waals surface area contributed by atoms with Crippen molar-refractivity contribution in [2.75, 3.05) is 23.3 Å². The minimum Gasteiger partial charge on any atom is -0.478 e. The lowest BCUT2D eigenvalue weighted by Crippen LogP contribution is -2.43. The van der Waals surface area contributed by atoms with Crippen molar-refractivity contribution in [3.8, 4) is 0 Å². The van der Waals surface area contributed by atoms with Crippen LogP contribution >= 0.6 is 0 Å². The standard InChI is InChI=1S/C25H27F2N3O2/c1-15-11-18-13-16(2)23(30-10-6-9-25(26,27)14-30)29-22(18)20(12-15)17(3)28-21-8-5-4-7-19(21)24(31)32/h4-5,7-8,11-13,17,28H,6,9-10,14H2,1-3H3,(H,31,32)/t17-/m1/s1. The number of halogens is 2. The number of aromatic carboxylic acids is 1. The van der Waals surface area contributed by atoms with Crippen LogP contribution in [0.4, 0.5) is 20.3 Å². The number of benzene rings is 2. The summed E-state index contributed by atoms with van der Waals surface area (Å²) in [6.07, 6.45) is 0.335. The maximum absolute atomic E-state index is 14.1. The molecule has 0 radical (unpaired) electrons. The number of hydrogen-bond donors (Lipinski definition) is 2. The molecule has 168 valence electrons. The Hall–Kier alpha value is -3.22. The van der Waals surface area contributed by atoms with E-state index in [1.807, 2.05) is 39.0 Å². The van der Waals surface area contributed by atoms with Crippen molar-refractivity contribution in [2.45, 2.75) is 45.6 Å². The average molecular weight is 440 g/mol. The van der Waals surface area contributed by atoms with Crippen LogP contribution in [0.25, 0.3) is 10.9 Å². The summed E-state index contributed by atoms with van der Waals surface area (Å²) in [4.78, 5) is 18.1. The van der Waals surface area contributed by atoms with Crippen LogP contribution in [0.5, 0.6) is 0 Å². The molecule has 7 heteroatoms. The number of rotatable bonds is 5. The molecule has 1 saturated heterocycles. The molecule has 0 bridgehead atoms. The highest BCUT2D eigenvalue weighted by atomic mass is 19.3. The lowest BCUT2D eigenvalue weighted by atomic mass is 9.98. The lowest BCUT2D eigenvalue weighted by Gasteiger charge is -2.34. The molecule has 1 fully saturated rings. The smallest absolute Gasteiger partial charge is 0.337 e. The Balaban J connectivity index is 1.77. The minimum absolute atomic E-state index is 0.0927. The summed E-state index contributed by atoms with van der Waals surface area (Å²) in [5.41, 5.74) is 4.25. The van der Waals surface area contributed by atoms with Gasteiger partial charge in [0.1, 0.15) is 5.82 Å². The number of carbonyl (C=O) groups is 1. The molecule has 0 saturated carbocycles. The quantitative estimate of drug-likeness (QED) is 0.514. The predicted octanol–water partition coefficient (Wildman–Crippen LogP) is 5.96. The van der Waals surface area contributed by atoms with Gasteiger partial charge in [-0.1, -0.05) is 23.8 Å². The number of carboxylic acid groups (broad SMARTS) is 1. The van der Waals surface area contributed by atoms with E-state index in [0.29, 0.717) is 24.5 Å². The fraction of sp³-hybridized carbons (Fsp3) is 0.360. The van der Waals surface area contributed by atoms with Crippen molar-refractivity contribution >= 4 is 28.4 Å². The highest BCUT2D eigenvalue weighted by molar-refractivity contribution is 5.94. The van der Waals surface area contributed by atoms with Crippen LogP contribution in [0.3, 0.4) is 0 Å². The van der Waals surface area contributed by atoms with Crippen molar-refractivity contribution in [2.24, 2.45) is 0 Å². The molecule has 0 unspecified atom stereocenters. The molecule has 2 heterocycles. The first-order valence-electron chi connectivity index (χ1n) is 10.8. The summed E-state index contributed by atoms with van der Waals surface area (Å²) < 4.78 is 28.1. The number of anilines is 2. The summed E-state index contributed by atoms with van der Waals surface area (Å²) in [6, 6.07) is 12.6. The van der Waals surface area contributed by atoms with Crippen LogP contribution in [0.15, 0.2) is 42.5 Å². The topological polar surface area (TPSA) is 65.5 Å². The van der Waals surface area contributed by atoms with E-state index in [1.54, 1.807) is 29.2 Å². The van der Waals surface area contributed by atoms with Crippen LogP contribution in [-0.2, 0) is 0 Å². The van der Waals surface area contributed by atoms with Gasteiger partial charge >= 0.3 is 5.97 Å². The van der Waals surface area contributed by atoms with Crippen molar-refractivity contribution < 1.29 is 18.7 Å². The first kappa shape index (κ1) is 22.0. The number of alkyl halides is 2. The average Bonchev–Trinajstić information content (AvgIpc) is 2.72. The van der Waals surface area contributed by atoms with Crippen LogP contribution < -0.4 is 10.2 Å². The number of pyridine rings is 1. The Kier molecular flexibility index (Phi) is 5.75. The van der Waals surface area contributed by atoms with Gasteiger partial charge in [0.25, 0.3) is 5.92 Å². The normalized spacial score (nSPS) is 16.7. The molecule has 0 spiro atoms. The van der Waals surface area contributed by atoms with Gasteiger partial charge in [0.15, 0.2) is 0 Å². The van der Waals surface area contributed by atoms with E-state index >= 15 is 0 Å². The van der Waals surface area contributed by atoms with Crippen LogP contribution in [0, 0.1) is 13.8 Å². The van der Waals surface area contributed by atoms with E-state index in [4.69, 9.17) is 4.98 Å². The molecule has 1 aromatic heterocycles. The van der Waals surface area contributed by atoms with E-state index in [1.165, 1.54) is 0 Å². The van der Waals surface area contributed by atoms with Gasteiger partial charge in [0.05, 0.1) is 23.7 Å². The number of aryl methyl sites for hydroxylation is 2. The van der Waals surface area contributed by atoms with Crippen molar-refractivity contribution in [3.05, 3.63) is 64.7 Å². The predicted molar refractivity (Wildman–Crippen MR) is 123 cm³/mol. The summed E-state index contributed by atoms with van der Waals surface area (Å²) in [6.45, 7) is 6.07. The molecule has 3 aromatic rings. The zero-order chi connectivity index (χ0) is 23.0. The molecule has 2 aromatic carbocycles. The molecule has 0 amide bonds. The number of hydrogen-bond acceptors (Lipinski definition) is 4. The van der Waals surface area contributed by atoms with Crippen LogP contribution in [0.1, 0.15) is 52.9 Å². The van der Waals surface area contributed by atoms with Gasteiger partial charge in [-0.05, 0) is 57.0 Å². The molecular weight excluding hydrogens is 412 g/mol. The number of para-hydroxylation sites is 1. The number of nitrogens with one attached hydrogen (secondary N) is 1. The summed E-state index contributed by atoms with van der Waals surface area (Å²) in [7, 11) is 0. The SMILES string of the molecule is Cc1cc([C@@H](C)Nc2ccccc2C(=O)O)c2nc(N3CCCC(F)(F)C3)c(C)cc2c1. The second kappa shape index (κ2) is 8.37. The number of carboxylic acids is 1. The number of fused-ring (bicyclic) bond motifs is 1. The number of nitrogens with zero attached hydrogens (tertiary/aromatic N) is 2.